The second-order valence-electron chi connectivity index (χ2n) is 9.59. The summed E-state index contributed by atoms with van der Waals surface area (Å²) in [4.78, 5) is 22.0. The minimum Gasteiger partial charge on any atom is -0.494 e. The highest BCUT2D eigenvalue weighted by Gasteiger charge is 2.22. The first-order chi connectivity index (χ1) is 18.1. The first kappa shape index (κ1) is 27.1. The molecule has 0 aliphatic heterocycles. The standard InChI is InChI=1S/C26H34N9O2P/c1-34(2)13-14-35(3)21-16-22(37-4)20(15-17(21)27)32-26-30-10-9-23(33-26)31-19-8-7-18-24(29-12-11-28-18)25(19)38(5,6)36/h7-12,15-16H,13-14,27H2,1-6H3,(H2,30,31,32,33). The molecule has 0 amide bonds. The summed E-state index contributed by atoms with van der Waals surface area (Å²) in [5.74, 6) is 1.48. The van der Waals surface area contributed by atoms with E-state index in [9.17, 15) is 4.57 Å². The van der Waals surface area contributed by atoms with E-state index in [0.717, 1.165) is 18.8 Å². The molecule has 2 heterocycles. The van der Waals surface area contributed by atoms with Crippen molar-refractivity contribution < 1.29 is 9.30 Å². The Hall–Kier alpha value is -3.95. The maximum Gasteiger partial charge on any atom is 0.229 e. The smallest absolute Gasteiger partial charge is 0.229 e. The van der Waals surface area contributed by atoms with Gasteiger partial charge in [0.25, 0.3) is 0 Å². The Morgan fingerprint density at radius 2 is 1.71 bits per heavy atom. The lowest BCUT2D eigenvalue weighted by Gasteiger charge is -2.24. The summed E-state index contributed by atoms with van der Waals surface area (Å²) in [6.07, 6.45) is 4.85. The Labute approximate surface area is 222 Å². The monoisotopic (exact) mass is 535 g/mol. The van der Waals surface area contributed by atoms with Crippen LogP contribution in [0.5, 0.6) is 5.75 Å². The van der Waals surface area contributed by atoms with Gasteiger partial charge in [-0.1, -0.05) is 0 Å². The van der Waals surface area contributed by atoms with Crippen molar-refractivity contribution in [3.8, 4) is 5.75 Å². The minimum absolute atomic E-state index is 0.347. The second kappa shape index (κ2) is 11.2. The zero-order valence-corrected chi connectivity index (χ0v) is 23.5. The number of fused-ring (bicyclic) bond motifs is 1. The van der Waals surface area contributed by atoms with Gasteiger partial charge in [0.1, 0.15) is 24.2 Å². The van der Waals surface area contributed by atoms with E-state index in [1.54, 1.807) is 45.1 Å². The average molecular weight is 536 g/mol. The van der Waals surface area contributed by atoms with E-state index >= 15 is 0 Å². The topological polar surface area (TPSA) is 134 Å². The maximum absolute atomic E-state index is 13.2. The van der Waals surface area contributed by atoms with Crippen molar-refractivity contribution in [3.63, 3.8) is 0 Å². The van der Waals surface area contributed by atoms with Crippen molar-refractivity contribution in [1.82, 2.24) is 24.8 Å². The molecule has 12 heteroatoms. The number of hydrogen-bond acceptors (Lipinski definition) is 11. The van der Waals surface area contributed by atoms with Gasteiger partial charge in [0.05, 0.1) is 40.7 Å². The Morgan fingerprint density at radius 1 is 0.947 bits per heavy atom. The third kappa shape index (κ3) is 6.12. The predicted molar refractivity (Wildman–Crippen MR) is 156 cm³/mol. The van der Waals surface area contributed by atoms with Crippen LogP contribution in [0.25, 0.3) is 11.0 Å². The number of likely N-dealkylation sites (N-methyl/N-ethyl adjacent to an activating group) is 2. The first-order valence-corrected chi connectivity index (χ1v) is 14.7. The number of ether oxygens (including phenoxy) is 1. The molecule has 0 spiro atoms. The molecular formula is C26H34N9O2P. The number of rotatable bonds is 10. The SMILES string of the molecule is COc1cc(N(C)CCN(C)C)c(N)cc1Nc1nccc(Nc2ccc3nccnc3c2P(C)(C)=O)n1. The van der Waals surface area contributed by atoms with Crippen molar-refractivity contribution in [2.75, 3.05) is 75.9 Å². The number of nitrogens with zero attached hydrogens (tertiary/aromatic N) is 6. The van der Waals surface area contributed by atoms with Crippen LogP contribution in [0.15, 0.2) is 48.9 Å². The summed E-state index contributed by atoms with van der Waals surface area (Å²) >= 11 is 0. The van der Waals surface area contributed by atoms with Gasteiger partial charge >= 0.3 is 0 Å². The molecule has 0 atom stereocenters. The van der Waals surface area contributed by atoms with Gasteiger partial charge in [-0.25, -0.2) is 4.98 Å². The van der Waals surface area contributed by atoms with E-state index in [1.807, 2.05) is 45.4 Å². The number of nitrogen functional groups attached to an aromatic ring is 1. The van der Waals surface area contributed by atoms with E-state index in [4.69, 9.17) is 10.5 Å². The highest BCUT2D eigenvalue weighted by molar-refractivity contribution is 7.71. The number of aromatic nitrogens is 4. The zero-order valence-electron chi connectivity index (χ0n) is 22.6. The largest absolute Gasteiger partial charge is 0.494 e. The number of nitrogens with one attached hydrogen (secondary N) is 2. The normalized spacial score (nSPS) is 11.6. The number of nitrogens with two attached hydrogens (primary N) is 1. The van der Waals surface area contributed by atoms with Crippen molar-refractivity contribution in [3.05, 3.63) is 48.9 Å². The Kier molecular flexibility index (Phi) is 7.99. The van der Waals surface area contributed by atoms with Gasteiger partial charge < -0.3 is 35.5 Å². The van der Waals surface area contributed by atoms with Crippen molar-refractivity contribution in [2.45, 2.75) is 0 Å². The van der Waals surface area contributed by atoms with Crippen LogP contribution in [0, 0.1) is 0 Å². The minimum atomic E-state index is -2.71. The summed E-state index contributed by atoms with van der Waals surface area (Å²) in [6, 6.07) is 9.14. The molecule has 11 nitrogen and oxygen atoms in total. The average Bonchev–Trinajstić information content (AvgIpc) is 2.86. The van der Waals surface area contributed by atoms with E-state index in [2.05, 4.69) is 40.4 Å². The summed E-state index contributed by atoms with van der Waals surface area (Å²) in [7, 11) is 4.97. The molecule has 4 aromatic rings. The predicted octanol–water partition coefficient (Wildman–Crippen LogP) is 3.74. The van der Waals surface area contributed by atoms with E-state index < -0.39 is 7.14 Å². The van der Waals surface area contributed by atoms with E-state index in [1.165, 1.54) is 0 Å². The summed E-state index contributed by atoms with van der Waals surface area (Å²) < 4.78 is 18.9. The van der Waals surface area contributed by atoms with Crippen LogP contribution in [0.2, 0.25) is 0 Å². The Morgan fingerprint density at radius 3 is 2.42 bits per heavy atom. The lowest BCUT2D eigenvalue weighted by Crippen LogP contribution is -2.29. The molecule has 4 rings (SSSR count). The molecule has 2 aromatic heterocycles. The van der Waals surface area contributed by atoms with Gasteiger partial charge in [-0.05, 0) is 51.7 Å². The number of methoxy groups -OCH3 is 1. The lowest BCUT2D eigenvalue weighted by molar-refractivity contribution is 0.413. The summed E-state index contributed by atoms with van der Waals surface area (Å²) in [6.45, 7) is 5.14. The molecule has 4 N–H and O–H groups in total. The van der Waals surface area contributed by atoms with Crippen LogP contribution in [0.3, 0.4) is 0 Å². The van der Waals surface area contributed by atoms with Crippen molar-refractivity contribution >= 4 is 58.0 Å². The van der Waals surface area contributed by atoms with Crippen molar-refractivity contribution in [1.29, 1.82) is 0 Å². The highest BCUT2D eigenvalue weighted by Crippen LogP contribution is 2.41. The van der Waals surface area contributed by atoms with Gasteiger partial charge in [-0.3, -0.25) is 9.97 Å². The van der Waals surface area contributed by atoms with Crippen molar-refractivity contribution in [2.24, 2.45) is 0 Å². The van der Waals surface area contributed by atoms with Crippen LogP contribution >= 0.6 is 7.14 Å². The molecule has 200 valence electrons. The van der Waals surface area contributed by atoms with Gasteiger partial charge in [-0.15, -0.1) is 0 Å². The van der Waals surface area contributed by atoms with E-state index in [-0.39, 0.29) is 0 Å². The molecule has 0 saturated heterocycles. The number of hydrogen-bond donors (Lipinski definition) is 3. The first-order valence-electron chi connectivity index (χ1n) is 12.1. The van der Waals surface area contributed by atoms with Gasteiger partial charge in [0.2, 0.25) is 5.95 Å². The van der Waals surface area contributed by atoms with Crippen LogP contribution in [-0.2, 0) is 4.57 Å². The molecular weight excluding hydrogens is 501 g/mol. The van der Waals surface area contributed by atoms with Gasteiger partial charge in [0, 0.05) is 44.8 Å². The number of benzene rings is 2. The van der Waals surface area contributed by atoms with Crippen LogP contribution in [-0.4, -0.2) is 79.5 Å². The molecule has 0 fully saturated rings. The summed E-state index contributed by atoms with van der Waals surface area (Å²) in [5.41, 5.74) is 10.5. The Bertz CT molecular complexity index is 1490. The maximum atomic E-state index is 13.2. The zero-order chi connectivity index (χ0) is 27.4. The fraction of sp³-hybridized carbons (Fsp3) is 0.308. The molecule has 0 unspecified atom stereocenters. The fourth-order valence-corrected chi connectivity index (χ4v) is 5.46. The lowest BCUT2D eigenvalue weighted by atomic mass is 10.2. The molecule has 0 radical (unpaired) electrons. The van der Waals surface area contributed by atoms with Crippen LogP contribution in [0.4, 0.5) is 34.5 Å². The molecule has 0 saturated carbocycles. The molecule has 0 aliphatic rings. The molecule has 0 bridgehead atoms. The van der Waals surface area contributed by atoms with Crippen LogP contribution in [0.1, 0.15) is 0 Å². The second-order valence-corrected chi connectivity index (χ2v) is 12.7. The van der Waals surface area contributed by atoms with Gasteiger partial charge in [-0.2, -0.15) is 4.98 Å². The van der Waals surface area contributed by atoms with E-state index in [0.29, 0.717) is 50.9 Å². The van der Waals surface area contributed by atoms with Crippen LogP contribution < -0.4 is 31.3 Å². The fourth-order valence-electron chi connectivity index (χ4n) is 4.07. The van der Waals surface area contributed by atoms with Gasteiger partial charge in [0.15, 0.2) is 0 Å². The molecule has 0 aliphatic carbocycles. The number of anilines is 6. The summed E-state index contributed by atoms with van der Waals surface area (Å²) in [5, 5.41) is 7.12. The highest BCUT2D eigenvalue weighted by atomic mass is 31.2. The third-order valence-corrected chi connectivity index (χ3v) is 7.49. The molecule has 2 aromatic carbocycles. The molecule has 38 heavy (non-hydrogen) atoms. The Balaban J connectivity index is 1.62. The quantitative estimate of drug-likeness (QED) is 0.202. The third-order valence-electron chi connectivity index (χ3n) is 5.96.